The summed E-state index contributed by atoms with van der Waals surface area (Å²) in [6.07, 6.45) is 4.69. The van der Waals surface area contributed by atoms with Gasteiger partial charge in [0, 0.05) is 43.0 Å². The predicted octanol–water partition coefficient (Wildman–Crippen LogP) is 3.63. The van der Waals surface area contributed by atoms with Crippen LogP contribution in [-0.2, 0) is 33.8 Å². The topological polar surface area (TPSA) is 76.5 Å². The van der Waals surface area contributed by atoms with E-state index in [1.54, 1.807) is 23.2 Å². The average molecular weight is 487 g/mol. The molecule has 1 aromatic carbocycles. The van der Waals surface area contributed by atoms with Crippen LogP contribution in [-0.4, -0.2) is 52.1 Å². The molecule has 7 nitrogen and oxygen atoms in total. The Hall–Kier alpha value is -2.97. The van der Waals surface area contributed by atoms with Crippen LogP contribution in [0.3, 0.4) is 0 Å². The van der Waals surface area contributed by atoms with Crippen LogP contribution in [0.5, 0.6) is 0 Å². The summed E-state index contributed by atoms with van der Waals surface area (Å²) in [5.74, 6) is -1.14. The molecule has 180 valence electrons. The standard InChI is InChI=1S/C25H28ClFN4O3/c1-4-16-13-30(20-12-28-15(2)10-18(16)20)14-22(32)31-9-8-21(34-3)24(31)25(33)29-11-17-6-5-7-19(26)23(17)27/h5-7,10,12-13,21,24H,4,8-9,11,14H2,1-3H3,(H,29,33)/t21-,24+/m1/s1. The maximum atomic E-state index is 14.2. The number of methoxy groups -OCH3 is 1. The highest BCUT2D eigenvalue weighted by atomic mass is 35.5. The Morgan fingerprint density at radius 1 is 1.32 bits per heavy atom. The molecule has 1 aliphatic heterocycles. The zero-order valence-electron chi connectivity index (χ0n) is 19.5. The molecule has 2 amide bonds. The van der Waals surface area contributed by atoms with Crippen molar-refractivity contribution >= 4 is 34.3 Å². The van der Waals surface area contributed by atoms with Crippen LogP contribution in [0, 0.1) is 12.7 Å². The first-order valence-corrected chi connectivity index (χ1v) is 11.7. The van der Waals surface area contributed by atoms with Gasteiger partial charge in [0.1, 0.15) is 18.4 Å². The molecule has 0 bridgehead atoms. The lowest BCUT2D eigenvalue weighted by Crippen LogP contribution is -2.51. The Morgan fingerprint density at radius 2 is 2.12 bits per heavy atom. The molecule has 1 aliphatic rings. The van der Waals surface area contributed by atoms with Gasteiger partial charge in [-0.15, -0.1) is 0 Å². The Morgan fingerprint density at radius 3 is 2.85 bits per heavy atom. The number of halogens is 2. The maximum absolute atomic E-state index is 14.2. The number of benzene rings is 1. The number of nitrogens with one attached hydrogen (secondary N) is 1. The Kier molecular flexibility index (Phi) is 7.19. The third kappa shape index (κ3) is 4.65. The summed E-state index contributed by atoms with van der Waals surface area (Å²) in [6, 6.07) is 5.86. The van der Waals surface area contributed by atoms with Crippen LogP contribution in [0.15, 0.2) is 36.7 Å². The first-order chi connectivity index (χ1) is 16.3. The van der Waals surface area contributed by atoms with Crippen LogP contribution in [0.25, 0.3) is 10.9 Å². The number of carbonyl (C=O) groups is 2. The molecule has 2 aromatic heterocycles. The van der Waals surface area contributed by atoms with Gasteiger partial charge in [0.2, 0.25) is 11.8 Å². The number of fused-ring (bicyclic) bond motifs is 1. The van der Waals surface area contributed by atoms with E-state index in [0.717, 1.165) is 28.6 Å². The van der Waals surface area contributed by atoms with Crippen molar-refractivity contribution in [1.29, 1.82) is 0 Å². The molecule has 1 saturated heterocycles. The van der Waals surface area contributed by atoms with E-state index < -0.39 is 18.0 Å². The first-order valence-electron chi connectivity index (χ1n) is 11.3. The van der Waals surface area contributed by atoms with Gasteiger partial charge in [-0.1, -0.05) is 30.7 Å². The van der Waals surface area contributed by atoms with E-state index in [1.807, 2.05) is 23.8 Å². The molecule has 3 aromatic rings. The number of pyridine rings is 1. The highest BCUT2D eigenvalue weighted by Gasteiger charge is 2.42. The molecule has 0 radical (unpaired) electrons. The zero-order chi connectivity index (χ0) is 24.4. The van der Waals surface area contributed by atoms with Crippen molar-refractivity contribution in [3.63, 3.8) is 0 Å². The highest BCUT2D eigenvalue weighted by molar-refractivity contribution is 6.30. The molecule has 3 heterocycles. The lowest BCUT2D eigenvalue weighted by atomic mass is 10.1. The second-order valence-electron chi connectivity index (χ2n) is 8.50. The predicted molar refractivity (Wildman–Crippen MR) is 128 cm³/mol. The monoisotopic (exact) mass is 486 g/mol. The van der Waals surface area contributed by atoms with Gasteiger partial charge in [-0.05, 0) is 37.5 Å². The molecule has 0 aliphatic carbocycles. The lowest BCUT2D eigenvalue weighted by Gasteiger charge is -2.27. The van der Waals surface area contributed by atoms with E-state index in [2.05, 4.69) is 17.2 Å². The van der Waals surface area contributed by atoms with Crippen molar-refractivity contribution < 1.29 is 18.7 Å². The molecule has 9 heteroatoms. The van der Waals surface area contributed by atoms with Crippen molar-refractivity contribution in [1.82, 2.24) is 19.8 Å². The van der Waals surface area contributed by atoms with Crippen LogP contribution in [0.1, 0.15) is 30.2 Å². The number of aryl methyl sites for hydroxylation is 2. The van der Waals surface area contributed by atoms with Gasteiger partial charge in [-0.25, -0.2) is 4.39 Å². The second-order valence-corrected chi connectivity index (χ2v) is 8.91. The summed E-state index contributed by atoms with van der Waals surface area (Å²) in [4.78, 5) is 32.4. The van der Waals surface area contributed by atoms with E-state index in [1.165, 1.54) is 13.2 Å². The summed E-state index contributed by atoms with van der Waals surface area (Å²) in [5.41, 5.74) is 3.22. The number of nitrogens with zero attached hydrogens (tertiary/aromatic N) is 3. The van der Waals surface area contributed by atoms with E-state index in [9.17, 15) is 14.0 Å². The molecule has 1 fully saturated rings. The van der Waals surface area contributed by atoms with E-state index in [-0.39, 0.29) is 35.5 Å². The largest absolute Gasteiger partial charge is 0.379 e. The Balaban J connectivity index is 1.52. The second kappa shape index (κ2) is 10.1. The van der Waals surface area contributed by atoms with Gasteiger partial charge in [0.25, 0.3) is 0 Å². The van der Waals surface area contributed by atoms with Crippen LogP contribution >= 0.6 is 11.6 Å². The molecular formula is C25H28ClFN4O3. The Bertz CT molecular complexity index is 1230. The van der Waals surface area contributed by atoms with Gasteiger partial charge < -0.3 is 19.5 Å². The number of hydrogen-bond donors (Lipinski definition) is 1. The molecule has 0 spiro atoms. The number of ether oxygens (including phenoxy) is 1. The number of hydrogen-bond acceptors (Lipinski definition) is 4. The van der Waals surface area contributed by atoms with Crippen LogP contribution < -0.4 is 5.32 Å². The minimum Gasteiger partial charge on any atom is -0.379 e. The normalized spacial score (nSPS) is 18.0. The van der Waals surface area contributed by atoms with E-state index >= 15 is 0 Å². The van der Waals surface area contributed by atoms with Gasteiger partial charge in [-0.2, -0.15) is 0 Å². The fraction of sp³-hybridized carbons (Fsp3) is 0.400. The minimum atomic E-state index is -0.799. The smallest absolute Gasteiger partial charge is 0.245 e. The maximum Gasteiger partial charge on any atom is 0.245 e. The number of carbonyl (C=O) groups excluding carboxylic acids is 2. The first kappa shape index (κ1) is 24.2. The summed E-state index contributed by atoms with van der Waals surface area (Å²) in [5, 5.41) is 3.82. The molecule has 34 heavy (non-hydrogen) atoms. The highest BCUT2D eigenvalue weighted by Crippen LogP contribution is 2.25. The fourth-order valence-corrected chi connectivity index (χ4v) is 4.78. The molecule has 4 rings (SSSR count). The van der Waals surface area contributed by atoms with Crippen molar-refractivity contribution in [2.45, 2.75) is 51.9 Å². The molecule has 1 N–H and O–H groups in total. The van der Waals surface area contributed by atoms with Crippen molar-refractivity contribution in [2.24, 2.45) is 0 Å². The van der Waals surface area contributed by atoms with E-state index in [0.29, 0.717) is 13.0 Å². The van der Waals surface area contributed by atoms with Gasteiger partial charge >= 0.3 is 0 Å². The average Bonchev–Trinajstić information content (AvgIpc) is 3.41. The van der Waals surface area contributed by atoms with Crippen molar-refractivity contribution in [3.05, 3.63) is 64.3 Å². The van der Waals surface area contributed by atoms with Gasteiger partial charge in [-0.3, -0.25) is 14.6 Å². The SMILES string of the molecule is CCc1cn(CC(=O)N2CC[C@@H](OC)[C@H]2C(=O)NCc2cccc(Cl)c2F)c2cnc(C)cc12. The molecule has 0 saturated carbocycles. The van der Waals surface area contributed by atoms with E-state index in [4.69, 9.17) is 16.3 Å². The number of likely N-dealkylation sites (tertiary alicyclic amines) is 1. The van der Waals surface area contributed by atoms with Gasteiger partial charge in [0.05, 0.1) is 22.8 Å². The third-order valence-corrected chi connectivity index (χ3v) is 6.68. The number of amides is 2. The van der Waals surface area contributed by atoms with Crippen molar-refractivity contribution in [2.75, 3.05) is 13.7 Å². The summed E-state index contributed by atoms with van der Waals surface area (Å²) in [7, 11) is 1.52. The number of aromatic nitrogens is 2. The molecular weight excluding hydrogens is 459 g/mol. The third-order valence-electron chi connectivity index (χ3n) is 6.39. The van der Waals surface area contributed by atoms with Gasteiger partial charge in [0.15, 0.2) is 0 Å². The van der Waals surface area contributed by atoms with Crippen LogP contribution in [0.2, 0.25) is 5.02 Å². The minimum absolute atomic E-state index is 0.00531. The molecule has 0 unspecified atom stereocenters. The lowest BCUT2D eigenvalue weighted by molar-refractivity contribution is -0.141. The summed E-state index contributed by atoms with van der Waals surface area (Å²) >= 11 is 5.84. The zero-order valence-corrected chi connectivity index (χ0v) is 20.2. The summed E-state index contributed by atoms with van der Waals surface area (Å²) in [6.45, 7) is 4.47. The quantitative estimate of drug-likeness (QED) is 0.553. The molecule has 2 atom stereocenters. The summed E-state index contributed by atoms with van der Waals surface area (Å²) < 4.78 is 21.6. The van der Waals surface area contributed by atoms with Crippen molar-refractivity contribution in [3.8, 4) is 0 Å². The number of rotatable bonds is 7. The fourth-order valence-electron chi connectivity index (χ4n) is 4.59. The Labute approximate surface area is 202 Å². The van der Waals surface area contributed by atoms with Crippen LogP contribution in [0.4, 0.5) is 4.39 Å².